The Hall–Kier alpha value is -1.55. The average Bonchev–Trinajstić information content (AvgIpc) is 2.40. The summed E-state index contributed by atoms with van der Waals surface area (Å²) in [6.07, 6.45) is 0. The molecule has 0 saturated heterocycles. The fraction of sp³-hybridized carbons (Fsp3) is 0.562. The predicted octanol–water partition coefficient (Wildman–Crippen LogP) is 3.62. The minimum absolute atomic E-state index is 0.0463. The zero-order valence-electron chi connectivity index (χ0n) is 13.2. The lowest BCUT2D eigenvalue weighted by atomic mass is 10.1. The summed E-state index contributed by atoms with van der Waals surface area (Å²) < 4.78 is 0. The van der Waals surface area contributed by atoms with E-state index in [0.29, 0.717) is 12.6 Å². The van der Waals surface area contributed by atoms with Gasteiger partial charge in [-0.3, -0.25) is 0 Å². The van der Waals surface area contributed by atoms with Gasteiger partial charge < -0.3 is 15.5 Å². The molecule has 0 saturated carbocycles. The predicted molar refractivity (Wildman–Crippen MR) is 85.1 cm³/mol. The summed E-state index contributed by atoms with van der Waals surface area (Å²) in [7, 11) is 0. The largest absolute Gasteiger partial charge is 0.322 e. The summed E-state index contributed by atoms with van der Waals surface area (Å²) in [5, 5.41) is 6.31. The number of anilines is 1. The van der Waals surface area contributed by atoms with E-state index < -0.39 is 0 Å². The summed E-state index contributed by atoms with van der Waals surface area (Å²) in [5.74, 6) is 0. The van der Waals surface area contributed by atoms with Crippen LogP contribution in [0.25, 0.3) is 0 Å². The molecule has 1 aromatic carbocycles. The number of carbonyl (C=O) groups excluding carboxylic acids is 1. The maximum absolute atomic E-state index is 12.1. The van der Waals surface area contributed by atoms with Crippen molar-refractivity contribution >= 4 is 11.7 Å². The van der Waals surface area contributed by atoms with Crippen LogP contribution in [0, 0.1) is 0 Å². The van der Waals surface area contributed by atoms with Gasteiger partial charge in [0.2, 0.25) is 0 Å². The monoisotopic (exact) mass is 277 g/mol. The van der Waals surface area contributed by atoms with E-state index in [1.165, 1.54) is 5.56 Å². The van der Waals surface area contributed by atoms with E-state index in [-0.39, 0.29) is 12.1 Å². The molecule has 0 aromatic heterocycles. The molecule has 0 spiro atoms. The number of amides is 2. The van der Waals surface area contributed by atoms with Crippen molar-refractivity contribution in [1.29, 1.82) is 0 Å². The zero-order valence-corrected chi connectivity index (χ0v) is 13.2. The maximum Gasteiger partial charge on any atom is 0.322 e. The third-order valence-corrected chi connectivity index (χ3v) is 3.40. The van der Waals surface area contributed by atoms with Gasteiger partial charge in [-0.1, -0.05) is 19.1 Å². The fourth-order valence-electron chi connectivity index (χ4n) is 2.22. The molecule has 0 aliphatic carbocycles. The summed E-state index contributed by atoms with van der Waals surface area (Å²) in [5.41, 5.74) is 2.06. The van der Waals surface area contributed by atoms with Gasteiger partial charge in [-0.15, -0.1) is 0 Å². The Labute approximate surface area is 122 Å². The molecule has 112 valence electrons. The van der Waals surface area contributed by atoms with Gasteiger partial charge in [-0.2, -0.15) is 0 Å². The molecule has 1 aromatic rings. The van der Waals surface area contributed by atoms with Crippen molar-refractivity contribution in [2.45, 2.75) is 46.7 Å². The quantitative estimate of drug-likeness (QED) is 0.834. The highest BCUT2D eigenvalue weighted by Gasteiger charge is 2.14. The van der Waals surface area contributed by atoms with Crippen LogP contribution >= 0.6 is 0 Å². The first kappa shape index (κ1) is 16.5. The second kappa shape index (κ2) is 7.90. The van der Waals surface area contributed by atoms with Crippen LogP contribution in [0.5, 0.6) is 0 Å². The normalized spacial score (nSPS) is 12.3. The van der Waals surface area contributed by atoms with Crippen LogP contribution in [-0.2, 0) is 0 Å². The molecule has 0 bridgehead atoms. The highest BCUT2D eigenvalue weighted by Crippen LogP contribution is 2.16. The van der Waals surface area contributed by atoms with Crippen molar-refractivity contribution in [3.05, 3.63) is 29.8 Å². The van der Waals surface area contributed by atoms with E-state index in [9.17, 15) is 4.79 Å². The molecule has 2 N–H and O–H groups in total. The number of nitrogens with one attached hydrogen (secondary N) is 2. The Morgan fingerprint density at radius 2 is 1.75 bits per heavy atom. The van der Waals surface area contributed by atoms with Gasteiger partial charge >= 0.3 is 6.03 Å². The highest BCUT2D eigenvalue weighted by atomic mass is 16.2. The van der Waals surface area contributed by atoms with Crippen LogP contribution < -0.4 is 10.6 Å². The van der Waals surface area contributed by atoms with E-state index in [0.717, 1.165) is 12.2 Å². The second-order valence-corrected chi connectivity index (χ2v) is 5.21. The van der Waals surface area contributed by atoms with E-state index >= 15 is 0 Å². The van der Waals surface area contributed by atoms with Crippen LogP contribution in [0.1, 0.15) is 46.2 Å². The average molecular weight is 277 g/mol. The molecular weight excluding hydrogens is 250 g/mol. The van der Waals surface area contributed by atoms with E-state index in [4.69, 9.17) is 0 Å². The van der Waals surface area contributed by atoms with Gasteiger partial charge in [-0.05, 0) is 51.9 Å². The molecule has 1 rings (SSSR count). The third kappa shape index (κ3) is 4.53. The standard InChI is InChI=1S/C16H27N3O/c1-6-17-13(5)14-8-10-15(11-9-14)18-16(20)19(7-2)12(3)4/h8-13,17H,6-7H2,1-5H3,(H,18,20). The van der Waals surface area contributed by atoms with E-state index in [1.54, 1.807) is 4.90 Å². The summed E-state index contributed by atoms with van der Waals surface area (Å²) in [6.45, 7) is 11.9. The zero-order chi connectivity index (χ0) is 15.1. The fourth-order valence-corrected chi connectivity index (χ4v) is 2.22. The molecule has 4 nitrogen and oxygen atoms in total. The smallest absolute Gasteiger partial charge is 0.322 e. The van der Waals surface area contributed by atoms with Crippen LogP contribution in [0.4, 0.5) is 10.5 Å². The van der Waals surface area contributed by atoms with E-state index in [2.05, 4.69) is 36.6 Å². The molecular formula is C16H27N3O. The first-order valence-corrected chi connectivity index (χ1v) is 7.40. The molecule has 0 aliphatic heterocycles. The maximum atomic E-state index is 12.1. The first-order chi connectivity index (χ1) is 9.49. The van der Waals surface area contributed by atoms with Crippen LogP contribution in [0.15, 0.2) is 24.3 Å². The number of nitrogens with zero attached hydrogens (tertiary/aromatic N) is 1. The molecule has 1 atom stereocenters. The summed E-state index contributed by atoms with van der Waals surface area (Å²) in [6, 6.07) is 8.49. The van der Waals surface area contributed by atoms with E-state index in [1.807, 2.05) is 32.9 Å². The first-order valence-electron chi connectivity index (χ1n) is 7.40. The summed E-state index contributed by atoms with van der Waals surface area (Å²) >= 11 is 0. The Morgan fingerprint density at radius 3 is 2.20 bits per heavy atom. The lowest BCUT2D eigenvalue weighted by molar-refractivity contribution is 0.201. The Bertz CT molecular complexity index is 414. The number of urea groups is 1. The molecule has 2 amide bonds. The van der Waals surface area contributed by atoms with Gasteiger partial charge in [0.15, 0.2) is 0 Å². The van der Waals surface area contributed by atoms with Crippen molar-refractivity contribution in [3.63, 3.8) is 0 Å². The van der Waals surface area contributed by atoms with Crippen molar-refractivity contribution in [2.75, 3.05) is 18.4 Å². The number of hydrogen-bond acceptors (Lipinski definition) is 2. The molecule has 0 aliphatic rings. The Kier molecular flexibility index (Phi) is 6.52. The van der Waals surface area contributed by atoms with Crippen LogP contribution in [0.3, 0.4) is 0 Å². The Balaban J connectivity index is 2.67. The minimum atomic E-state index is -0.0463. The topological polar surface area (TPSA) is 44.4 Å². The summed E-state index contributed by atoms with van der Waals surface area (Å²) in [4.78, 5) is 13.9. The van der Waals surface area contributed by atoms with Gasteiger partial charge in [0.1, 0.15) is 0 Å². The number of benzene rings is 1. The number of rotatable bonds is 6. The SMILES string of the molecule is CCNC(C)c1ccc(NC(=O)N(CC)C(C)C)cc1. The second-order valence-electron chi connectivity index (χ2n) is 5.21. The number of hydrogen-bond donors (Lipinski definition) is 2. The minimum Gasteiger partial charge on any atom is -0.322 e. The van der Waals surface area contributed by atoms with Crippen molar-refractivity contribution in [2.24, 2.45) is 0 Å². The molecule has 0 fully saturated rings. The van der Waals surface area contributed by atoms with Crippen molar-refractivity contribution in [1.82, 2.24) is 10.2 Å². The van der Waals surface area contributed by atoms with Crippen molar-refractivity contribution < 1.29 is 4.79 Å². The molecule has 0 heterocycles. The van der Waals surface area contributed by atoms with Gasteiger partial charge in [-0.25, -0.2) is 4.79 Å². The van der Waals surface area contributed by atoms with Crippen LogP contribution in [0.2, 0.25) is 0 Å². The van der Waals surface area contributed by atoms with Gasteiger partial charge in [0.05, 0.1) is 0 Å². The lowest BCUT2D eigenvalue weighted by Crippen LogP contribution is -2.39. The lowest BCUT2D eigenvalue weighted by Gasteiger charge is -2.25. The van der Waals surface area contributed by atoms with Crippen molar-refractivity contribution in [3.8, 4) is 0 Å². The third-order valence-electron chi connectivity index (χ3n) is 3.40. The van der Waals surface area contributed by atoms with Gasteiger partial charge in [0.25, 0.3) is 0 Å². The van der Waals surface area contributed by atoms with Crippen LogP contribution in [-0.4, -0.2) is 30.1 Å². The molecule has 0 radical (unpaired) electrons. The Morgan fingerprint density at radius 1 is 1.15 bits per heavy atom. The van der Waals surface area contributed by atoms with Gasteiger partial charge in [0, 0.05) is 24.3 Å². The molecule has 4 heteroatoms. The molecule has 20 heavy (non-hydrogen) atoms. The highest BCUT2D eigenvalue weighted by molar-refractivity contribution is 5.89. The molecule has 1 unspecified atom stereocenters. The number of carbonyl (C=O) groups is 1.